The van der Waals surface area contributed by atoms with Crippen molar-refractivity contribution in [3.05, 3.63) is 70.3 Å². The van der Waals surface area contributed by atoms with E-state index in [1.54, 1.807) is 30.3 Å². The Morgan fingerprint density at radius 1 is 1.12 bits per heavy atom. The van der Waals surface area contributed by atoms with Gasteiger partial charge in [0.25, 0.3) is 5.69 Å². The number of benzene rings is 2. The maximum atomic E-state index is 12.4. The highest BCUT2D eigenvalue weighted by atomic mass is 32.2. The van der Waals surface area contributed by atoms with Gasteiger partial charge in [-0.3, -0.25) is 14.9 Å². The number of sulfonamides is 1. The van der Waals surface area contributed by atoms with Crippen LogP contribution in [0.3, 0.4) is 0 Å². The van der Waals surface area contributed by atoms with Crippen molar-refractivity contribution < 1.29 is 23.2 Å². The van der Waals surface area contributed by atoms with Crippen LogP contribution in [0.2, 0.25) is 0 Å². The second-order valence-corrected chi connectivity index (χ2v) is 6.65. The Morgan fingerprint density at radius 3 is 2.21 bits per heavy atom. The Morgan fingerprint density at radius 2 is 1.71 bits per heavy atom. The Kier molecular flexibility index (Phi) is 5.27. The molecular weight excluding hydrogens is 336 g/mol. The van der Waals surface area contributed by atoms with E-state index in [0.29, 0.717) is 5.56 Å². The number of carbonyl (C=O) groups is 1. The molecule has 1 atom stereocenters. The van der Waals surface area contributed by atoms with Crippen LogP contribution in [-0.2, 0) is 14.8 Å². The van der Waals surface area contributed by atoms with Crippen LogP contribution in [0.25, 0.3) is 0 Å². The average molecular weight is 350 g/mol. The summed E-state index contributed by atoms with van der Waals surface area (Å²) in [5, 5.41) is 19.6. The first-order chi connectivity index (χ1) is 11.3. The fraction of sp³-hybridized carbons (Fsp3) is 0.133. The van der Waals surface area contributed by atoms with Crippen molar-refractivity contribution in [2.24, 2.45) is 0 Å². The van der Waals surface area contributed by atoms with E-state index in [-0.39, 0.29) is 10.6 Å². The highest BCUT2D eigenvalue weighted by Gasteiger charge is 2.24. The van der Waals surface area contributed by atoms with Crippen molar-refractivity contribution in [2.45, 2.75) is 17.4 Å². The number of nitro benzene ring substituents is 1. The second-order valence-electron chi connectivity index (χ2n) is 4.93. The smallest absolute Gasteiger partial charge is 0.305 e. The number of carboxylic acids is 1. The summed E-state index contributed by atoms with van der Waals surface area (Å²) in [6.07, 6.45) is -0.434. The van der Waals surface area contributed by atoms with Gasteiger partial charge in [-0.05, 0) is 17.7 Å². The summed E-state index contributed by atoms with van der Waals surface area (Å²) in [4.78, 5) is 20.8. The molecule has 126 valence electrons. The van der Waals surface area contributed by atoms with Crippen LogP contribution in [0, 0.1) is 10.1 Å². The summed E-state index contributed by atoms with van der Waals surface area (Å²) in [6.45, 7) is 0. The van der Waals surface area contributed by atoms with Gasteiger partial charge in [0.05, 0.1) is 22.3 Å². The Labute approximate surface area is 138 Å². The molecule has 0 bridgehead atoms. The van der Waals surface area contributed by atoms with E-state index in [1.807, 2.05) is 0 Å². The number of nitrogens with zero attached hydrogens (tertiary/aromatic N) is 1. The molecule has 0 aliphatic rings. The molecule has 0 heterocycles. The Bertz CT molecular complexity index is 834. The fourth-order valence-corrected chi connectivity index (χ4v) is 3.31. The van der Waals surface area contributed by atoms with Crippen molar-refractivity contribution >= 4 is 21.7 Å². The number of hydrogen-bond donors (Lipinski definition) is 2. The third kappa shape index (κ3) is 4.37. The van der Waals surface area contributed by atoms with E-state index < -0.39 is 33.4 Å². The summed E-state index contributed by atoms with van der Waals surface area (Å²) in [6, 6.07) is 11.7. The zero-order valence-corrected chi connectivity index (χ0v) is 13.1. The predicted molar refractivity (Wildman–Crippen MR) is 84.9 cm³/mol. The number of hydrogen-bond acceptors (Lipinski definition) is 5. The summed E-state index contributed by atoms with van der Waals surface area (Å²) < 4.78 is 27.1. The zero-order chi connectivity index (χ0) is 17.7. The largest absolute Gasteiger partial charge is 0.481 e. The average Bonchev–Trinajstić information content (AvgIpc) is 2.54. The zero-order valence-electron chi connectivity index (χ0n) is 12.3. The number of nitro groups is 1. The van der Waals surface area contributed by atoms with E-state index in [9.17, 15) is 23.3 Å². The van der Waals surface area contributed by atoms with Crippen molar-refractivity contribution in [1.29, 1.82) is 0 Å². The topological polar surface area (TPSA) is 127 Å². The minimum Gasteiger partial charge on any atom is -0.481 e. The van der Waals surface area contributed by atoms with Crippen LogP contribution in [0.5, 0.6) is 0 Å². The lowest BCUT2D eigenvalue weighted by Gasteiger charge is -2.17. The van der Waals surface area contributed by atoms with Gasteiger partial charge < -0.3 is 5.11 Å². The lowest BCUT2D eigenvalue weighted by Crippen LogP contribution is -2.30. The third-order valence-corrected chi connectivity index (χ3v) is 4.72. The Hall–Kier alpha value is -2.78. The van der Waals surface area contributed by atoms with E-state index >= 15 is 0 Å². The maximum Gasteiger partial charge on any atom is 0.305 e. The summed E-state index contributed by atoms with van der Waals surface area (Å²) in [7, 11) is -4.03. The maximum absolute atomic E-state index is 12.4. The summed E-state index contributed by atoms with van der Waals surface area (Å²) in [5.74, 6) is -1.16. The van der Waals surface area contributed by atoms with Gasteiger partial charge in [0.2, 0.25) is 10.0 Å². The van der Waals surface area contributed by atoms with Gasteiger partial charge in [-0.1, -0.05) is 30.3 Å². The van der Waals surface area contributed by atoms with Gasteiger partial charge in [0.1, 0.15) is 0 Å². The number of aliphatic carboxylic acids is 1. The molecule has 0 amide bonds. The van der Waals surface area contributed by atoms with E-state index in [4.69, 9.17) is 5.11 Å². The molecule has 0 aliphatic heterocycles. The molecule has 0 saturated carbocycles. The standard InChI is InChI=1S/C15H14N2O6S/c18-15(19)10-14(11-4-2-1-3-5-11)16-24(22,23)13-8-6-12(7-9-13)17(20)21/h1-9,14,16H,10H2,(H,18,19)/t14-/m1/s1. The molecular formula is C15H14N2O6S. The lowest BCUT2D eigenvalue weighted by molar-refractivity contribution is -0.384. The molecule has 0 unspecified atom stereocenters. The first-order valence-corrected chi connectivity index (χ1v) is 8.31. The molecule has 0 spiro atoms. The molecule has 0 fully saturated rings. The molecule has 24 heavy (non-hydrogen) atoms. The first-order valence-electron chi connectivity index (χ1n) is 6.83. The van der Waals surface area contributed by atoms with Crippen molar-refractivity contribution in [2.75, 3.05) is 0 Å². The number of rotatable bonds is 7. The molecule has 0 aromatic heterocycles. The minimum atomic E-state index is -4.03. The van der Waals surface area contributed by atoms with E-state index in [1.165, 1.54) is 0 Å². The number of non-ortho nitro benzene ring substituents is 1. The second kappa shape index (κ2) is 7.20. The summed E-state index contributed by atoms with van der Waals surface area (Å²) >= 11 is 0. The van der Waals surface area contributed by atoms with Crippen molar-refractivity contribution in [3.8, 4) is 0 Å². The minimum absolute atomic E-state index is 0.181. The monoisotopic (exact) mass is 350 g/mol. The third-order valence-electron chi connectivity index (χ3n) is 3.24. The van der Waals surface area contributed by atoms with Gasteiger partial charge in [-0.2, -0.15) is 0 Å². The SMILES string of the molecule is O=C(O)C[C@@H](NS(=O)(=O)c1ccc([N+](=O)[O-])cc1)c1ccccc1. The summed E-state index contributed by atoms with van der Waals surface area (Å²) in [5.41, 5.74) is 0.268. The molecule has 0 saturated heterocycles. The van der Waals surface area contributed by atoms with Crippen LogP contribution >= 0.6 is 0 Å². The lowest BCUT2D eigenvalue weighted by atomic mass is 10.1. The normalized spacial score (nSPS) is 12.5. The van der Waals surface area contributed by atoms with Gasteiger partial charge in [-0.15, -0.1) is 0 Å². The van der Waals surface area contributed by atoms with Crippen molar-refractivity contribution in [3.63, 3.8) is 0 Å². The van der Waals surface area contributed by atoms with Gasteiger partial charge >= 0.3 is 5.97 Å². The van der Waals surface area contributed by atoms with Crippen LogP contribution in [0.15, 0.2) is 59.5 Å². The predicted octanol–water partition coefficient (Wildman–Crippen LogP) is 2.09. The molecule has 2 aromatic rings. The number of carboxylic acid groups (broad SMARTS) is 1. The molecule has 9 heteroatoms. The van der Waals surface area contributed by atoms with Crippen LogP contribution < -0.4 is 4.72 Å². The van der Waals surface area contributed by atoms with E-state index in [0.717, 1.165) is 24.3 Å². The number of nitrogens with one attached hydrogen (secondary N) is 1. The highest BCUT2D eigenvalue weighted by molar-refractivity contribution is 7.89. The molecule has 2 aromatic carbocycles. The molecule has 0 radical (unpaired) electrons. The van der Waals surface area contributed by atoms with Gasteiger partial charge in [0.15, 0.2) is 0 Å². The fourth-order valence-electron chi connectivity index (χ4n) is 2.09. The molecule has 2 N–H and O–H groups in total. The van der Waals surface area contributed by atoms with Gasteiger partial charge in [0, 0.05) is 12.1 Å². The van der Waals surface area contributed by atoms with Crippen molar-refractivity contribution in [1.82, 2.24) is 4.72 Å². The Balaban J connectivity index is 2.29. The van der Waals surface area contributed by atoms with E-state index in [2.05, 4.69) is 4.72 Å². The molecule has 0 aliphatic carbocycles. The van der Waals surface area contributed by atoms with Crippen LogP contribution in [0.1, 0.15) is 18.0 Å². The van der Waals surface area contributed by atoms with Crippen LogP contribution in [0.4, 0.5) is 5.69 Å². The van der Waals surface area contributed by atoms with Crippen LogP contribution in [-0.4, -0.2) is 24.4 Å². The van der Waals surface area contributed by atoms with Gasteiger partial charge in [-0.25, -0.2) is 13.1 Å². The highest BCUT2D eigenvalue weighted by Crippen LogP contribution is 2.21. The molecule has 8 nitrogen and oxygen atoms in total. The quantitative estimate of drug-likeness (QED) is 0.581. The first kappa shape index (κ1) is 17.6. The molecule has 2 rings (SSSR count).